The van der Waals surface area contributed by atoms with Gasteiger partial charge in [-0.15, -0.1) is 0 Å². The molecule has 25 heavy (non-hydrogen) atoms. The molecule has 0 N–H and O–H groups in total. The fraction of sp³-hybridized carbons (Fsp3) is 0.571. The van der Waals surface area contributed by atoms with Crippen LogP contribution in [0.1, 0.15) is 25.3 Å². The van der Waals surface area contributed by atoms with Gasteiger partial charge in [-0.25, -0.2) is 0 Å². The maximum absolute atomic E-state index is 12.9. The third kappa shape index (κ3) is 4.16. The number of hydrogen-bond acceptors (Lipinski definition) is 6. The van der Waals surface area contributed by atoms with E-state index < -0.39 is 38.6 Å². The van der Waals surface area contributed by atoms with Crippen molar-refractivity contribution in [3.8, 4) is 0 Å². The van der Waals surface area contributed by atoms with Crippen molar-refractivity contribution in [3.63, 3.8) is 0 Å². The van der Waals surface area contributed by atoms with Gasteiger partial charge < -0.3 is 9.64 Å². The van der Waals surface area contributed by atoms with Gasteiger partial charge in [-0.3, -0.25) is 20.2 Å². The highest BCUT2D eigenvalue weighted by Crippen LogP contribution is 2.43. The van der Waals surface area contributed by atoms with Crippen LogP contribution in [0.5, 0.6) is 0 Å². The van der Waals surface area contributed by atoms with E-state index in [1.54, 1.807) is 6.92 Å². The number of alkyl halides is 3. The summed E-state index contributed by atoms with van der Waals surface area (Å²) in [6.07, 6.45) is -3.74. The summed E-state index contributed by atoms with van der Waals surface area (Å²) in [6.45, 7) is 2.40. The molecule has 0 aromatic heterocycles. The quantitative estimate of drug-likeness (QED) is 0.566. The van der Waals surface area contributed by atoms with E-state index in [1.165, 1.54) is 4.90 Å². The van der Waals surface area contributed by atoms with Crippen molar-refractivity contribution >= 4 is 17.1 Å². The Kier molecular flexibility index (Phi) is 5.45. The molecule has 11 heteroatoms. The van der Waals surface area contributed by atoms with Crippen molar-refractivity contribution in [1.82, 2.24) is 0 Å². The summed E-state index contributed by atoms with van der Waals surface area (Å²) < 4.78 is 44.2. The molecule has 0 spiro atoms. The Balaban J connectivity index is 2.59. The molecule has 0 aliphatic carbocycles. The Hall–Kier alpha value is -2.43. The third-order valence-electron chi connectivity index (χ3n) is 3.94. The molecule has 1 unspecified atom stereocenters. The Morgan fingerprint density at radius 3 is 2.16 bits per heavy atom. The molecule has 0 bridgehead atoms. The van der Waals surface area contributed by atoms with Crippen molar-refractivity contribution in [2.45, 2.75) is 32.0 Å². The van der Waals surface area contributed by atoms with Crippen LogP contribution in [-0.4, -0.2) is 35.6 Å². The summed E-state index contributed by atoms with van der Waals surface area (Å²) >= 11 is 0. The molecule has 1 aliphatic rings. The first-order chi connectivity index (χ1) is 11.6. The second-order valence-electron chi connectivity index (χ2n) is 5.55. The highest BCUT2D eigenvalue weighted by molar-refractivity contribution is 5.76. The number of nitrogens with zero attached hydrogens (tertiary/aromatic N) is 3. The summed E-state index contributed by atoms with van der Waals surface area (Å²) in [7, 11) is 0. The van der Waals surface area contributed by atoms with E-state index in [1.807, 2.05) is 0 Å². The van der Waals surface area contributed by atoms with Crippen LogP contribution in [0.25, 0.3) is 0 Å². The van der Waals surface area contributed by atoms with Crippen molar-refractivity contribution in [2.75, 3.05) is 24.6 Å². The van der Waals surface area contributed by atoms with E-state index in [2.05, 4.69) is 0 Å². The van der Waals surface area contributed by atoms with Crippen molar-refractivity contribution in [2.24, 2.45) is 0 Å². The topological polar surface area (TPSA) is 98.8 Å². The predicted octanol–water partition coefficient (Wildman–Crippen LogP) is 3.53. The van der Waals surface area contributed by atoms with Crippen molar-refractivity contribution < 1.29 is 27.8 Å². The van der Waals surface area contributed by atoms with E-state index in [0.717, 1.165) is 6.42 Å². The van der Waals surface area contributed by atoms with Crippen molar-refractivity contribution in [1.29, 1.82) is 0 Å². The summed E-state index contributed by atoms with van der Waals surface area (Å²) in [4.78, 5) is 21.8. The Labute approximate surface area is 140 Å². The van der Waals surface area contributed by atoms with Crippen molar-refractivity contribution in [3.05, 3.63) is 37.9 Å². The standard InChI is InChI=1S/C14H16F3N3O5/c1-2-18(8-10-4-3-5-25-10)13-11(19(21)22)6-9(14(15,16)17)7-12(13)20(23)24/h6-7,10H,2-5,8H2,1H3. The second-order valence-corrected chi connectivity index (χ2v) is 5.55. The minimum Gasteiger partial charge on any atom is -0.376 e. The van der Waals surface area contributed by atoms with Gasteiger partial charge in [0.1, 0.15) is 0 Å². The molecule has 1 aromatic carbocycles. The zero-order valence-electron chi connectivity index (χ0n) is 13.3. The van der Waals surface area contributed by atoms with E-state index in [0.29, 0.717) is 25.2 Å². The predicted molar refractivity (Wildman–Crippen MR) is 81.6 cm³/mol. The molecular formula is C14H16F3N3O5. The maximum atomic E-state index is 12.9. The molecule has 0 saturated carbocycles. The summed E-state index contributed by atoms with van der Waals surface area (Å²) in [6, 6.07) is 0.668. The number of benzene rings is 1. The van der Waals surface area contributed by atoms with Gasteiger partial charge in [-0.1, -0.05) is 0 Å². The van der Waals surface area contributed by atoms with E-state index in [-0.39, 0.29) is 19.2 Å². The number of rotatable bonds is 6. The van der Waals surface area contributed by atoms with Gasteiger partial charge in [0, 0.05) is 31.8 Å². The summed E-state index contributed by atoms with van der Waals surface area (Å²) in [5, 5.41) is 22.6. The smallest absolute Gasteiger partial charge is 0.376 e. The van der Waals surface area contributed by atoms with Crippen LogP contribution >= 0.6 is 0 Å². The number of nitro groups is 2. The van der Waals surface area contributed by atoms with Crippen LogP contribution in [0, 0.1) is 20.2 Å². The van der Waals surface area contributed by atoms with Gasteiger partial charge in [-0.2, -0.15) is 13.2 Å². The normalized spacial score (nSPS) is 17.5. The monoisotopic (exact) mass is 363 g/mol. The minimum atomic E-state index is -4.93. The SMILES string of the molecule is CCN(CC1CCCO1)c1c([N+](=O)[O-])cc(C(F)(F)F)cc1[N+](=O)[O-]. The first kappa shape index (κ1) is 18.9. The molecule has 0 radical (unpaired) electrons. The zero-order valence-corrected chi connectivity index (χ0v) is 13.3. The molecule has 8 nitrogen and oxygen atoms in total. The number of anilines is 1. The Bertz CT molecular complexity index is 639. The summed E-state index contributed by atoms with van der Waals surface area (Å²) in [5.41, 5.74) is -3.74. The molecule has 1 fully saturated rings. The molecule has 1 aromatic rings. The molecule has 1 heterocycles. The number of nitro benzene ring substituents is 2. The lowest BCUT2D eigenvalue weighted by molar-refractivity contribution is -0.393. The van der Waals surface area contributed by atoms with Gasteiger partial charge >= 0.3 is 6.18 Å². The van der Waals surface area contributed by atoms with E-state index in [4.69, 9.17) is 4.74 Å². The number of ether oxygens (including phenoxy) is 1. The Morgan fingerprint density at radius 2 is 1.80 bits per heavy atom. The fourth-order valence-corrected chi connectivity index (χ4v) is 2.78. The lowest BCUT2D eigenvalue weighted by Gasteiger charge is -2.25. The van der Waals surface area contributed by atoms with Gasteiger partial charge in [0.25, 0.3) is 11.4 Å². The first-order valence-electron chi connectivity index (χ1n) is 7.55. The number of halogens is 3. The first-order valence-corrected chi connectivity index (χ1v) is 7.55. The fourth-order valence-electron chi connectivity index (χ4n) is 2.78. The average molecular weight is 363 g/mol. The molecule has 1 saturated heterocycles. The molecule has 1 atom stereocenters. The van der Waals surface area contributed by atoms with Gasteiger partial charge in [0.15, 0.2) is 5.69 Å². The number of likely N-dealkylation sites (N-methyl/N-ethyl adjacent to an activating group) is 1. The molecule has 0 amide bonds. The molecule has 138 valence electrons. The van der Waals surface area contributed by atoms with Crippen LogP contribution in [0.4, 0.5) is 30.2 Å². The molecule has 2 rings (SSSR count). The third-order valence-corrected chi connectivity index (χ3v) is 3.94. The van der Waals surface area contributed by atoms with Gasteiger partial charge in [0.2, 0.25) is 0 Å². The zero-order chi connectivity index (χ0) is 18.8. The van der Waals surface area contributed by atoms with Crippen LogP contribution in [0.15, 0.2) is 12.1 Å². The largest absolute Gasteiger partial charge is 0.416 e. The lowest BCUT2D eigenvalue weighted by atomic mass is 10.1. The maximum Gasteiger partial charge on any atom is 0.416 e. The van der Waals surface area contributed by atoms with Crippen LogP contribution in [0.3, 0.4) is 0 Å². The number of hydrogen-bond donors (Lipinski definition) is 0. The molecular weight excluding hydrogens is 347 g/mol. The molecule has 1 aliphatic heterocycles. The van der Waals surface area contributed by atoms with E-state index in [9.17, 15) is 33.4 Å². The van der Waals surface area contributed by atoms with Gasteiger partial charge in [0.05, 0.1) is 21.5 Å². The van der Waals surface area contributed by atoms with Crippen LogP contribution in [-0.2, 0) is 10.9 Å². The van der Waals surface area contributed by atoms with Gasteiger partial charge in [-0.05, 0) is 19.8 Å². The average Bonchev–Trinajstić information content (AvgIpc) is 3.03. The van der Waals surface area contributed by atoms with Crippen LogP contribution in [0.2, 0.25) is 0 Å². The lowest BCUT2D eigenvalue weighted by Crippen LogP contribution is -2.33. The minimum absolute atomic E-state index is 0.129. The summed E-state index contributed by atoms with van der Waals surface area (Å²) in [5.74, 6) is 0. The Morgan fingerprint density at radius 1 is 1.24 bits per heavy atom. The second kappa shape index (κ2) is 7.21. The van der Waals surface area contributed by atoms with Crippen LogP contribution < -0.4 is 4.90 Å². The highest BCUT2D eigenvalue weighted by Gasteiger charge is 2.39. The van der Waals surface area contributed by atoms with E-state index >= 15 is 0 Å². The highest BCUT2D eigenvalue weighted by atomic mass is 19.4.